The normalized spacial score (nSPS) is 10.0. The molecule has 0 spiro atoms. The van der Waals surface area contributed by atoms with Gasteiger partial charge in [-0.15, -0.1) is 46.7 Å². The van der Waals surface area contributed by atoms with E-state index in [0.29, 0.717) is 0 Å². The van der Waals surface area contributed by atoms with Crippen molar-refractivity contribution in [2.45, 2.75) is 39.2 Å². The van der Waals surface area contributed by atoms with Crippen LogP contribution in [0, 0.1) is 27.7 Å². The minimum atomic E-state index is -0.243. The van der Waals surface area contributed by atoms with Crippen LogP contribution in [0.3, 0.4) is 0 Å². The summed E-state index contributed by atoms with van der Waals surface area (Å²) >= 11 is 1.80. The van der Waals surface area contributed by atoms with E-state index in [-0.39, 0.29) is 9.98 Å². The molecule has 0 atom stereocenters. The Kier molecular flexibility index (Phi) is 9.18. The maximum atomic E-state index is 2.37. The number of aryl methyl sites for hydroxylation is 2. The molecule has 28 heavy (non-hydrogen) atoms. The SMILES string of the molecule is Cc1[cH-]c(C)c(C)c1C.[CH3][Ge]([CH3])=[Zr+2].c1ccc(-c2c[cH-]c3ccccc23)cc1. The summed E-state index contributed by atoms with van der Waals surface area (Å²) in [5.41, 5.74) is 8.36. The van der Waals surface area contributed by atoms with Gasteiger partial charge in [0, 0.05) is 0 Å². The summed E-state index contributed by atoms with van der Waals surface area (Å²) in [6.07, 6.45) is 0. The third-order valence-electron chi connectivity index (χ3n) is 4.94. The summed E-state index contributed by atoms with van der Waals surface area (Å²) in [4.78, 5) is 0. The predicted molar refractivity (Wildman–Crippen MR) is 123 cm³/mol. The number of hydrogen-bond acceptors (Lipinski definition) is 0. The first-order valence-electron chi connectivity index (χ1n) is 9.73. The predicted octanol–water partition coefficient (Wildman–Crippen LogP) is 7.65. The molecule has 0 aromatic heterocycles. The van der Waals surface area contributed by atoms with Crippen molar-refractivity contribution < 1.29 is 21.6 Å². The molecule has 4 aromatic carbocycles. The molecular formula is C26H30GeZr. The first-order chi connectivity index (χ1) is 13.3. The summed E-state index contributed by atoms with van der Waals surface area (Å²) in [6.45, 7) is 8.68. The quantitative estimate of drug-likeness (QED) is 0.184. The Labute approximate surface area is 186 Å². The Bertz CT molecular complexity index is 1010. The van der Waals surface area contributed by atoms with Gasteiger partial charge in [-0.25, -0.2) is 0 Å². The van der Waals surface area contributed by atoms with E-state index in [1.807, 2.05) is 0 Å². The van der Waals surface area contributed by atoms with Crippen LogP contribution < -0.4 is 0 Å². The summed E-state index contributed by atoms with van der Waals surface area (Å²) in [5, 5.41) is 2.65. The van der Waals surface area contributed by atoms with E-state index in [2.05, 4.69) is 112 Å². The average molecular weight is 506 g/mol. The molecule has 4 aromatic rings. The van der Waals surface area contributed by atoms with Crippen molar-refractivity contribution >= 4 is 20.7 Å². The second-order valence-corrected chi connectivity index (χ2v) is 24.4. The smallest absolute Gasteiger partial charge is 0.0623 e. The van der Waals surface area contributed by atoms with Gasteiger partial charge in [0.1, 0.15) is 0 Å². The van der Waals surface area contributed by atoms with Crippen molar-refractivity contribution in [1.29, 1.82) is 0 Å². The summed E-state index contributed by atoms with van der Waals surface area (Å²) < 4.78 is 0. The standard InChI is InChI=1S/C15H11.C9H13.C2H6Ge.Zr/c1-2-6-12(7-3-1)15-11-10-13-8-4-5-9-14(13)15;1-6-5-7(2)9(4)8(6)3;1-3-2;/h1-11H;5H,1-4H3;1-2H3;/q2*-1;;+2. The molecule has 2 heteroatoms. The molecule has 0 aliphatic rings. The van der Waals surface area contributed by atoms with E-state index < -0.39 is 0 Å². The van der Waals surface area contributed by atoms with Crippen molar-refractivity contribution in [3.63, 3.8) is 0 Å². The molecule has 0 unspecified atom stereocenters. The van der Waals surface area contributed by atoms with Gasteiger partial charge in [-0.05, 0) is 0 Å². The summed E-state index contributed by atoms with van der Waals surface area (Å²) in [6, 6.07) is 25.6. The summed E-state index contributed by atoms with van der Waals surface area (Å²) in [7, 11) is -0.243. The Hall–Kier alpha value is -1.17. The molecule has 0 saturated heterocycles. The molecule has 0 amide bonds. The van der Waals surface area contributed by atoms with E-state index in [1.54, 1.807) is 21.6 Å². The maximum absolute atomic E-state index is 2.37. The van der Waals surface area contributed by atoms with E-state index >= 15 is 0 Å². The fourth-order valence-electron chi connectivity index (χ4n) is 3.15. The Morgan fingerprint density at radius 3 is 1.75 bits per heavy atom. The molecule has 0 radical (unpaired) electrons. The first-order valence-corrected chi connectivity index (χ1v) is 21.4. The van der Waals surface area contributed by atoms with Crippen LogP contribution in [0.2, 0.25) is 11.5 Å². The zero-order valence-electron chi connectivity index (χ0n) is 17.9. The van der Waals surface area contributed by atoms with Gasteiger partial charge in [-0.3, -0.25) is 0 Å². The Morgan fingerprint density at radius 1 is 0.750 bits per heavy atom. The number of benzene rings is 2. The van der Waals surface area contributed by atoms with Crippen molar-refractivity contribution in [2.75, 3.05) is 0 Å². The van der Waals surface area contributed by atoms with E-state index in [0.717, 1.165) is 0 Å². The van der Waals surface area contributed by atoms with Crippen LogP contribution in [0.5, 0.6) is 0 Å². The monoisotopic (exact) mass is 506 g/mol. The number of rotatable bonds is 1. The van der Waals surface area contributed by atoms with Crippen LogP contribution in [0.4, 0.5) is 0 Å². The molecule has 0 aliphatic heterocycles. The van der Waals surface area contributed by atoms with Gasteiger partial charge < -0.3 is 0 Å². The zero-order valence-corrected chi connectivity index (χ0v) is 22.5. The topological polar surface area (TPSA) is 0 Å². The van der Waals surface area contributed by atoms with Crippen LogP contribution in [-0.2, 0) is 21.6 Å². The number of hydrogen-bond donors (Lipinski definition) is 0. The van der Waals surface area contributed by atoms with Gasteiger partial charge in [0.15, 0.2) is 0 Å². The molecule has 0 nitrogen and oxygen atoms in total. The molecule has 142 valence electrons. The van der Waals surface area contributed by atoms with Gasteiger partial charge >= 0.3 is 43.1 Å². The molecular weight excluding hydrogens is 476 g/mol. The van der Waals surface area contributed by atoms with E-state index in [9.17, 15) is 0 Å². The maximum Gasteiger partial charge on any atom is -0.0623 e. The van der Waals surface area contributed by atoms with Gasteiger partial charge in [0.05, 0.1) is 0 Å². The minimum absolute atomic E-state index is 0.243. The van der Waals surface area contributed by atoms with Crippen molar-refractivity contribution in [2.24, 2.45) is 0 Å². The van der Waals surface area contributed by atoms with Gasteiger partial charge in [0.2, 0.25) is 0 Å². The molecule has 0 heterocycles. The van der Waals surface area contributed by atoms with E-state index in [4.69, 9.17) is 0 Å². The van der Waals surface area contributed by atoms with Gasteiger partial charge in [-0.1, -0.05) is 69.7 Å². The van der Waals surface area contributed by atoms with Crippen molar-refractivity contribution in [3.05, 3.63) is 95.1 Å². The second-order valence-electron chi connectivity index (χ2n) is 7.46. The molecule has 0 saturated carbocycles. The van der Waals surface area contributed by atoms with Crippen LogP contribution in [0.25, 0.3) is 21.9 Å². The Morgan fingerprint density at radius 2 is 1.25 bits per heavy atom. The molecule has 0 bridgehead atoms. The third kappa shape index (κ3) is 6.43. The largest absolute Gasteiger partial charge is 0.150 e. The zero-order chi connectivity index (χ0) is 20.7. The van der Waals surface area contributed by atoms with Gasteiger partial charge in [0.25, 0.3) is 0 Å². The van der Waals surface area contributed by atoms with Crippen LogP contribution in [0.15, 0.2) is 72.8 Å². The Balaban J connectivity index is 0.000000184. The number of fused-ring (bicyclic) bond motifs is 1. The van der Waals surface area contributed by atoms with Gasteiger partial charge in [-0.2, -0.15) is 28.3 Å². The molecule has 0 fully saturated rings. The molecule has 4 rings (SSSR count). The minimum Gasteiger partial charge on any atom is -0.150 e. The molecule has 0 aliphatic carbocycles. The van der Waals surface area contributed by atoms with Crippen LogP contribution in [-0.4, -0.2) is 9.98 Å². The van der Waals surface area contributed by atoms with E-state index in [1.165, 1.54) is 44.2 Å². The van der Waals surface area contributed by atoms with Crippen molar-refractivity contribution in [1.82, 2.24) is 0 Å². The fraction of sp³-hybridized carbons (Fsp3) is 0.231. The third-order valence-corrected chi connectivity index (χ3v) is 4.94. The second kappa shape index (κ2) is 11.1. The first kappa shape index (κ1) is 23.1. The summed E-state index contributed by atoms with van der Waals surface area (Å²) in [5.74, 6) is 4.75. The molecule has 0 N–H and O–H groups in total. The fourth-order valence-corrected chi connectivity index (χ4v) is 3.15. The average Bonchev–Trinajstić information content (AvgIpc) is 3.20. The van der Waals surface area contributed by atoms with Crippen LogP contribution in [0.1, 0.15) is 22.3 Å². The van der Waals surface area contributed by atoms with Crippen molar-refractivity contribution in [3.8, 4) is 11.1 Å². The van der Waals surface area contributed by atoms with Crippen LogP contribution >= 0.6 is 0 Å².